The van der Waals surface area contributed by atoms with Crippen LogP contribution in [0.4, 0.5) is 0 Å². The lowest BCUT2D eigenvalue weighted by molar-refractivity contribution is -0.0285. The number of rotatable bonds is 43. The Hall–Kier alpha value is -1.17. The highest BCUT2D eigenvalue weighted by Gasteiger charge is 1.98. The molecule has 0 aromatic heterocycles. The molecule has 0 heterocycles. The van der Waals surface area contributed by atoms with Gasteiger partial charge in [-0.05, 0) is 25.0 Å². The third-order valence-corrected chi connectivity index (χ3v) is 6.77. The van der Waals surface area contributed by atoms with Crippen molar-refractivity contribution in [2.45, 2.75) is 25.7 Å². The maximum Gasteiger partial charge on any atom is 0.119 e. The standard InChI is InChI=1S/C36H65ClO13/c37-10-6-1-2-7-11-38-12-13-39-14-15-40-16-17-41-18-19-42-20-21-43-22-23-44-24-25-45-26-27-46-28-29-47-30-31-48-32-33-49-34-35-50-36-8-4-3-5-9-36/h3-5,8-9H,1-2,6-7,10-35H2. The van der Waals surface area contributed by atoms with Crippen molar-refractivity contribution in [3.63, 3.8) is 0 Å². The number of ether oxygens (including phenoxy) is 13. The second kappa shape index (κ2) is 42.2. The molecule has 0 fully saturated rings. The predicted octanol–water partition coefficient (Wildman–Crippen LogP) is 4.06. The lowest BCUT2D eigenvalue weighted by Gasteiger charge is -2.09. The molecule has 0 saturated heterocycles. The third kappa shape index (κ3) is 38.1. The molecule has 0 atom stereocenters. The Morgan fingerprint density at radius 1 is 0.280 bits per heavy atom. The molecular weight excluding hydrogens is 676 g/mol. The van der Waals surface area contributed by atoms with Crippen molar-refractivity contribution >= 4 is 11.6 Å². The van der Waals surface area contributed by atoms with E-state index in [0.717, 1.165) is 31.1 Å². The first-order valence-corrected chi connectivity index (χ1v) is 18.6. The lowest BCUT2D eigenvalue weighted by atomic mass is 10.2. The van der Waals surface area contributed by atoms with E-state index >= 15 is 0 Å². The molecule has 0 aliphatic rings. The van der Waals surface area contributed by atoms with E-state index in [1.165, 1.54) is 12.8 Å². The number of alkyl halides is 1. The topological polar surface area (TPSA) is 120 Å². The molecular formula is C36H65ClO13. The van der Waals surface area contributed by atoms with Crippen LogP contribution in [0.5, 0.6) is 5.75 Å². The number of hydrogen-bond acceptors (Lipinski definition) is 13. The fraction of sp³-hybridized carbons (Fsp3) is 0.833. The quantitative estimate of drug-likeness (QED) is 0.0708. The number of halogens is 1. The number of unbranched alkanes of at least 4 members (excludes halogenated alkanes) is 3. The molecule has 0 saturated carbocycles. The van der Waals surface area contributed by atoms with E-state index < -0.39 is 0 Å². The first-order chi connectivity index (χ1) is 24.9. The zero-order chi connectivity index (χ0) is 35.5. The van der Waals surface area contributed by atoms with Crippen LogP contribution in [-0.2, 0) is 56.8 Å². The van der Waals surface area contributed by atoms with Crippen molar-refractivity contribution in [1.82, 2.24) is 0 Å². The van der Waals surface area contributed by atoms with E-state index in [1.54, 1.807) is 0 Å². The fourth-order valence-electron chi connectivity index (χ4n) is 3.91. The zero-order valence-electron chi connectivity index (χ0n) is 30.3. The van der Waals surface area contributed by atoms with Crippen molar-refractivity contribution in [2.75, 3.05) is 171 Å². The van der Waals surface area contributed by atoms with E-state index in [2.05, 4.69) is 0 Å². The van der Waals surface area contributed by atoms with Crippen LogP contribution in [-0.4, -0.2) is 171 Å². The molecule has 1 aromatic carbocycles. The normalized spacial score (nSPS) is 11.5. The molecule has 0 spiro atoms. The van der Waals surface area contributed by atoms with Crippen LogP contribution in [0.25, 0.3) is 0 Å². The number of para-hydroxylation sites is 1. The van der Waals surface area contributed by atoms with Gasteiger partial charge in [-0.1, -0.05) is 31.0 Å². The van der Waals surface area contributed by atoms with Crippen LogP contribution in [0.3, 0.4) is 0 Å². The average Bonchev–Trinajstić information content (AvgIpc) is 3.14. The minimum Gasteiger partial charge on any atom is -0.491 e. The van der Waals surface area contributed by atoms with Gasteiger partial charge >= 0.3 is 0 Å². The van der Waals surface area contributed by atoms with Gasteiger partial charge in [0.05, 0.1) is 152 Å². The van der Waals surface area contributed by atoms with Crippen molar-refractivity contribution in [3.05, 3.63) is 30.3 Å². The van der Waals surface area contributed by atoms with Gasteiger partial charge in [0.25, 0.3) is 0 Å². The summed E-state index contributed by atoms with van der Waals surface area (Å²) in [6.07, 6.45) is 4.49. The molecule has 0 unspecified atom stereocenters. The van der Waals surface area contributed by atoms with Gasteiger partial charge in [0.1, 0.15) is 12.4 Å². The Morgan fingerprint density at radius 2 is 0.540 bits per heavy atom. The van der Waals surface area contributed by atoms with Gasteiger partial charge in [-0.25, -0.2) is 0 Å². The van der Waals surface area contributed by atoms with Crippen molar-refractivity contribution in [2.24, 2.45) is 0 Å². The lowest BCUT2D eigenvalue weighted by Crippen LogP contribution is -2.15. The number of benzene rings is 1. The summed E-state index contributed by atoms with van der Waals surface area (Å²) in [5, 5.41) is 0. The fourth-order valence-corrected chi connectivity index (χ4v) is 4.10. The summed E-state index contributed by atoms with van der Waals surface area (Å²) < 4.78 is 71.5. The van der Waals surface area contributed by atoms with Crippen LogP contribution in [0, 0.1) is 0 Å². The molecule has 1 aromatic rings. The Labute approximate surface area is 305 Å². The van der Waals surface area contributed by atoms with Gasteiger partial charge in [-0.2, -0.15) is 0 Å². The summed E-state index contributed by atoms with van der Waals surface area (Å²) in [4.78, 5) is 0. The first-order valence-electron chi connectivity index (χ1n) is 18.1. The third-order valence-electron chi connectivity index (χ3n) is 6.50. The summed E-state index contributed by atoms with van der Waals surface area (Å²) in [7, 11) is 0. The van der Waals surface area contributed by atoms with E-state index in [0.29, 0.717) is 159 Å². The molecule has 0 radical (unpaired) electrons. The smallest absolute Gasteiger partial charge is 0.119 e. The largest absolute Gasteiger partial charge is 0.491 e. The summed E-state index contributed by atoms with van der Waals surface area (Å²) in [5.41, 5.74) is 0. The minimum atomic E-state index is 0.509. The molecule has 1 rings (SSSR count). The van der Waals surface area contributed by atoms with Crippen LogP contribution in [0.15, 0.2) is 30.3 Å². The Bertz CT molecular complexity index is 754. The summed E-state index contributed by atoms with van der Waals surface area (Å²) in [5.74, 6) is 1.59. The summed E-state index contributed by atoms with van der Waals surface area (Å²) in [6.45, 7) is 13.4. The molecule has 0 N–H and O–H groups in total. The summed E-state index contributed by atoms with van der Waals surface area (Å²) in [6, 6.07) is 9.67. The van der Waals surface area contributed by atoms with Gasteiger partial charge in [0, 0.05) is 12.5 Å². The minimum absolute atomic E-state index is 0.509. The Balaban J connectivity index is 1.60. The molecule has 14 heteroatoms. The molecule has 0 aliphatic heterocycles. The molecule has 0 aliphatic carbocycles. The van der Waals surface area contributed by atoms with Crippen molar-refractivity contribution in [3.8, 4) is 5.75 Å². The van der Waals surface area contributed by atoms with E-state index in [4.69, 9.17) is 73.2 Å². The maximum absolute atomic E-state index is 5.66. The highest BCUT2D eigenvalue weighted by atomic mass is 35.5. The summed E-state index contributed by atoms with van der Waals surface area (Å²) >= 11 is 5.66. The first kappa shape index (κ1) is 46.9. The molecule has 0 amide bonds. The van der Waals surface area contributed by atoms with Crippen LogP contribution in [0.2, 0.25) is 0 Å². The molecule has 0 bridgehead atoms. The van der Waals surface area contributed by atoms with Gasteiger partial charge < -0.3 is 61.6 Å². The van der Waals surface area contributed by atoms with Crippen molar-refractivity contribution < 1.29 is 61.6 Å². The van der Waals surface area contributed by atoms with Crippen LogP contribution in [0.1, 0.15) is 25.7 Å². The van der Waals surface area contributed by atoms with Gasteiger partial charge in [-0.3, -0.25) is 0 Å². The highest BCUT2D eigenvalue weighted by Crippen LogP contribution is 2.07. The Kier molecular flexibility index (Phi) is 39.6. The van der Waals surface area contributed by atoms with Gasteiger partial charge in [-0.15, -0.1) is 11.6 Å². The zero-order valence-corrected chi connectivity index (χ0v) is 31.0. The number of hydrogen-bond donors (Lipinski definition) is 0. The molecule has 50 heavy (non-hydrogen) atoms. The SMILES string of the molecule is ClCCCCCCOCCOCCOCCOCCOCCOCCOCCOCCOCCOCCOCCOCCOc1ccccc1. The monoisotopic (exact) mass is 740 g/mol. The van der Waals surface area contributed by atoms with E-state index in [9.17, 15) is 0 Å². The van der Waals surface area contributed by atoms with E-state index in [1.807, 2.05) is 30.3 Å². The maximum atomic E-state index is 5.66. The average molecular weight is 741 g/mol. The van der Waals surface area contributed by atoms with Crippen LogP contribution < -0.4 is 4.74 Å². The Morgan fingerprint density at radius 3 is 0.840 bits per heavy atom. The molecule has 13 nitrogen and oxygen atoms in total. The second-order valence-corrected chi connectivity index (χ2v) is 11.0. The predicted molar refractivity (Wildman–Crippen MR) is 191 cm³/mol. The van der Waals surface area contributed by atoms with Crippen LogP contribution >= 0.6 is 11.6 Å². The van der Waals surface area contributed by atoms with Gasteiger partial charge in [0.2, 0.25) is 0 Å². The molecule has 294 valence electrons. The van der Waals surface area contributed by atoms with Crippen molar-refractivity contribution in [1.29, 1.82) is 0 Å². The second-order valence-electron chi connectivity index (χ2n) is 10.6. The van der Waals surface area contributed by atoms with Gasteiger partial charge in [0.15, 0.2) is 0 Å². The van der Waals surface area contributed by atoms with E-state index in [-0.39, 0.29) is 0 Å². The highest BCUT2D eigenvalue weighted by molar-refractivity contribution is 6.17.